The van der Waals surface area contributed by atoms with Crippen LogP contribution >= 0.6 is 0 Å². The van der Waals surface area contributed by atoms with E-state index in [0.717, 1.165) is 11.1 Å². The minimum absolute atomic E-state index is 0.00358. The monoisotopic (exact) mass is 636 g/mol. The Bertz CT molecular complexity index is 1080. The van der Waals surface area contributed by atoms with Crippen LogP contribution in [0.25, 0.3) is 0 Å². The highest BCUT2D eigenvalue weighted by atomic mass is 16.6. The van der Waals surface area contributed by atoms with Gasteiger partial charge < -0.3 is 39.0 Å². The lowest BCUT2D eigenvalue weighted by molar-refractivity contribution is -0.330. The summed E-state index contributed by atoms with van der Waals surface area (Å²) >= 11 is 0. The number of carbonyl (C=O) groups is 1. The molecule has 1 fully saturated rings. The highest BCUT2D eigenvalue weighted by Crippen LogP contribution is 2.42. The number of aliphatic hydroxyl groups is 3. The lowest BCUT2D eigenvalue weighted by Gasteiger charge is -2.50. The van der Waals surface area contributed by atoms with E-state index in [0.29, 0.717) is 6.42 Å². The van der Waals surface area contributed by atoms with E-state index in [4.69, 9.17) is 23.7 Å². The second-order valence-electron chi connectivity index (χ2n) is 13.8. The summed E-state index contributed by atoms with van der Waals surface area (Å²) in [5, 5.41) is 34.6. The molecule has 9 heteroatoms. The minimum atomic E-state index is -1.67. The minimum Gasteiger partial charge on any atom is -0.490 e. The van der Waals surface area contributed by atoms with Crippen molar-refractivity contribution < 1.29 is 43.8 Å². The predicted octanol–water partition coefficient (Wildman–Crippen LogP) is 5.35. The van der Waals surface area contributed by atoms with Gasteiger partial charge in [0, 0.05) is 44.3 Å². The summed E-state index contributed by atoms with van der Waals surface area (Å²) in [6.07, 6.45) is 6.00. The van der Waals surface area contributed by atoms with E-state index in [1.165, 1.54) is 14.2 Å². The largest absolute Gasteiger partial charge is 0.490 e. The van der Waals surface area contributed by atoms with Gasteiger partial charge in [-0.15, -0.1) is 0 Å². The van der Waals surface area contributed by atoms with Crippen molar-refractivity contribution in [3.8, 4) is 0 Å². The summed E-state index contributed by atoms with van der Waals surface area (Å²) in [6.45, 7) is 17.4. The van der Waals surface area contributed by atoms with Gasteiger partial charge in [0.1, 0.15) is 12.2 Å². The molecule has 0 aromatic rings. The number of carbonyl (C=O) groups excluding carboxylic acids is 1. The van der Waals surface area contributed by atoms with E-state index in [2.05, 4.69) is 0 Å². The second kappa shape index (κ2) is 17.2. The quantitative estimate of drug-likeness (QED) is 0.303. The van der Waals surface area contributed by atoms with Crippen molar-refractivity contribution in [2.75, 3.05) is 21.3 Å². The Morgan fingerprint density at radius 2 is 1.67 bits per heavy atom. The maximum Gasteiger partial charge on any atom is 0.373 e. The molecule has 3 N–H and O–H groups in total. The fraction of sp³-hybridized carbons (Fsp3) is 0.750. The van der Waals surface area contributed by atoms with Crippen molar-refractivity contribution in [1.82, 2.24) is 0 Å². The number of hydrogen-bond acceptors (Lipinski definition) is 9. The van der Waals surface area contributed by atoms with Gasteiger partial charge in [-0.05, 0) is 38.2 Å². The molecular formula is C36H60O9. The summed E-state index contributed by atoms with van der Waals surface area (Å²) in [5.41, 5.74) is 1.81. The smallest absolute Gasteiger partial charge is 0.373 e. The van der Waals surface area contributed by atoms with Crippen LogP contribution in [0.2, 0.25) is 0 Å². The van der Waals surface area contributed by atoms with Gasteiger partial charge in [0.2, 0.25) is 5.76 Å². The van der Waals surface area contributed by atoms with E-state index in [1.54, 1.807) is 33.1 Å². The third kappa shape index (κ3) is 9.99. The molecule has 0 saturated carbocycles. The Labute approximate surface area is 271 Å². The Morgan fingerprint density at radius 1 is 1.02 bits per heavy atom. The summed E-state index contributed by atoms with van der Waals surface area (Å²) in [7, 11) is 4.53. The highest BCUT2D eigenvalue weighted by Gasteiger charge is 2.52. The van der Waals surface area contributed by atoms with Crippen LogP contribution in [-0.4, -0.2) is 85.0 Å². The molecule has 2 aliphatic rings. The maximum atomic E-state index is 13.5. The van der Waals surface area contributed by atoms with Crippen LogP contribution in [0.4, 0.5) is 0 Å². The summed E-state index contributed by atoms with van der Waals surface area (Å²) in [4.78, 5) is 13.5. The van der Waals surface area contributed by atoms with Crippen molar-refractivity contribution in [3.63, 3.8) is 0 Å². The van der Waals surface area contributed by atoms with Gasteiger partial charge in [0.25, 0.3) is 0 Å². The maximum absolute atomic E-state index is 13.5. The van der Waals surface area contributed by atoms with Crippen molar-refractivity contribution >= 4 is 5.97 Å². The van der Waals surface area contributed by atoms with Crippen LogP contribution in [0.5, 0.6) is 0 Å². The summed E-state index contributed by atoms with van der Waals surface area (Å²) in [6, 6.07) is 0. The van der Waals surface area contributed by atoms with Gasteiger partial charge in [0.15, 0.2) is 5.79 Å². The molecular weight excluding hydrogens is 576 g/mol. The average Bonchev–Trinajstić information content (AvgIpc) is 2.99. The third-order valence-corrected chi connectivity index (χ3v) is 9.77. The van der Waals surface area contributed by atoms with Crippen LogP contribution in [0.1, 0.15) is 75.2 Å². The zero-order chi connectivity index (χ0) is 34.2. The number of esters is 1. The second-order valence-corrected chi connectivity index (χ2v) is 13.8. The van der Waals surface area contributed by atoms with Crippen molar-refractivity contribution in [3.05, 3.63) is 47.3 Å². The molecule has 2 heterocycles. The molecule has 2 rings (SSSR count). The molecule has 0 aromatic heterocycles. The first-order valence-corrected chi connectivity index (χ1v) is 16.3. The first-order chi connectivity index (χ1) is 21.0. The van der Waals surface area contributed by atoms with E-state index in [-0.39, 0.29) is 48.1 Å². The van der Waals surface area contributed by atoms with Crippen LogP contribution in [-0.2, 0) is 28.5 Å². The summed E-state index contributed by atoms with van der Waals surface area (Å²) in [5.74, 6) is -3.87. The average molecular weight is 637 g/mol. The van der Waals surface area contributed by atoms with Crippen molar-refractivity contribution in [1.29, 1.82) is 0 Å². The lowest BCUT2D eigenvalue weighted by atomic mass is 9.76. The molecule has 258 valence electrons. The molecule has 0 bridgehead atoms. The molecule has 1 saturated heterocycles. The van der Waals surface area contributed by atoms with Gasteiger partial charge >= 0.3 is 5.97 Å². The third-order valence-electron chi connectivity index (χ3n) is 9.77. The Kier molecular flexibility index (Phi) is 15.0. The molecule has 0 aliphatic carbocycles. The van der Waals surface area contributed by atoms with Gasteiger partial charge in [-0.3, -0.25) is 0 Å². The number of methoxy groups -OCH3 is 3. The Hall–Kier alpha value is -2.01. The fourth-order valence-corrected chi connectivity index (χ4v) is 6.82. The molecule has 0 aromatic carbocycles. The molecule has 45 heavy (non-hydrogen) atoms. The van der Waals surface area contributed by atoms with Crippen LogP contribution < -0.4 is 0 Å². The van der Waals surface area contributed by atoms with Crippen LogP contribution in [0, 0.1) is 35.5 Å². The lowest BCUT2D eigenvalue weighted by Crippen LogP contribution is -2.59. The van der Waals surface area contributed by atoms with Gasteiger partial charge in [0.05, 0.1) is 31.5 Å². The predicted molar refractivity (Wildman–Crippen MR) is 175 cm³/mol. The van der Waals surface area contributed by atoms with Gasteiger partial charge in [-0.2, -0.15) is 0 Å². The number of rotatable bonds is 8. The highest BCUT2D eigenvalue weighted by molar-refractivity contribution is 5.87. The number of ether oxygens (including phenoxy) is 5. The number of allylic oxidation sites excluding steroid dienone is 5. The topological polar surface area (TPSA) is 124 Å². The molecule has 0 spiro atoms. The number of cyclic esters (lactones) is 1. The zero-order valence-corrected chi connectivity index (χ0v) is 29.5. The van der Waals surface area contributed by atoms with E-state index >= 15 is 0 Å². The molecule has 0 amide bonds. The normalized spacial score (nSPS) is 40.5. The van der Waals surface area contributed by atoms with Crippen LogP contribution in [0.15, 0.2) is 47.3 Å². The molecule has 12 atom stereocenters. The Balaban J connectivity index is 2.53. The zero-order valence-electron chi connectivity index (χ0n) is 29.5. The Morgan fingerprint density at radius 3 is 2.22 bits per heavy atom. The number of aliphatic hydroxyl groups excluding tert-OH is 2. The van der Waals surface area contributed by atoms with Crippen molar-refractivity contribution in [2.45, 2.75) is 118 Å². The van der Waals surface area contributed by atoms with Gasteiger partial charge in [-0.25, -0.2) is 4.79 Å². The van der Waals surface area contributed by atoms with E-state index < -0.39 is 48.0 Å². The molecule has 2 aliphatic heterocycles. The molecule has 9 nitrogen and oxygen atoms in total. The van der Waals surface area contributed by atoms with Gasteiger partial charge in [-0.1, -0.05) is 83.9 Å². The first kappa shape index (κ1) is 39.2. The standard InChI is InChI=1S/C36H60O9/c1-20(2)33-25(7)30(43-12)19-36(40,45-33)27(9)32(38)26(8)34-28(41-10)15-13-14-21(3)16-23(5)31(37)24(6)17-22(4)18-29(42-11)35(39)44-34/h13-15,17-18,20,23-28,30-34,37-38,40H,16,19H2,1-12H3/b15-13+,21-14+,22-17-,29-18-/t23-,24+,25+,26-,27+,28-,30-,31-,32+,33-,34+,36-/m0/s1. The first-order valence-electron chi connectivity index (χ1n) is 16.3. The molecule has 0 radical (unpaired) electrons. The number of hydrogen-bond donors (Lipinski definition) is 3. The summed E-state index contributed by atoms with van der Waals surface area (Å²) < 4.78 is 29.4. The molecule has 0 unspecified atom stereocenters. The van der Waals surface area contributed by atoms with E-state index in [9.17, 15) is 20.1 Å². The van der Waals surface area contributed by atoms with Crippen molar-refractivity contribution in [2.24, 2.45) is 35.5 Å². The van der Waals surface area contributed by atoms with Crippen LogP contribution in [0.3, 0.4) is 0 Å². The SMILES string of the molecule is CO/C1=C\C(C)=C/[C@@H](C)[C@@H](O)[C@@H](C)C/C(C)=C/C=C/[C@H](OC)[C@@H]([C@@H](C)[C@@H](O)[C@@H](C)[C@]2(O)C[C@H](OC)[C@@H](C)[C@H](C(C)C)O2)OC1=O. The van der Waals surface area contributed by atoms with E-state index in [1.807, 2.05) is 66.7 Å². The fourth-order valence-electron chi connectivity index (χ4n) is 6.82.